The molecule has 0 aromatic heterocycles. The number of hydrogen-bond donors (Lipinski definition) is 2. The van der Waals surface area contributed by atoms with Gasteiger partial charge >= 0.3 is 0 Å². The Balaban J connectivity index is 0.00000264. The van der Waals surface area contributed by atoms with Gasteiger partial charge in [0.25, 0.3) is 0 Å². The molecule has 0 spiro atoms. The Hall–Kier alpha value is -0.0400. The normalized spacial score (nSPS) is 24.7. The molecule has 1 saturated carbocycles. The first-order chi connectivity index (χ1) is 10.7. The van der Waals surface area contributed by atoms with E-state index in [4.69, 9.17) is 5.73 Å². The molecule has 1 saturated heterocycles. The van der Waals surface area contributed by atoms with E-state index in [2.05, 4.69) is 22.1 Å². The van der Waals surface area contributed by atoms with E-state index in [1.54, 1.807) is 0 Å². The standard InChI is InChI=1S/C18H36N4.HI/c1-16-9-8-14-22(15-16)13-7-6-12-20-18(19)21-17-10-4-2-3-5-11-17;/h16-17H,2-15H2,1H3,(H3,19,20,21);1H. The molecule has 2 rings (SSSR count). The topological polar surface area (TPSA) is 53.6 Å². The van der Waals surface area contributed by atoms with Gasteiger partial charge in [-0.25, -0.2) is 0 Å². The number of unbranched alkanes of at least 4 members (excludes halogenated alkanes) is 1. The molecule has 23 heavy (non-hydrogen) atoms. The Labute approximate surface area is 160 Å². The third-order valence-electron chi connectivity index (χ3n) is 5.11. The third kappa shape index (κ3) is 9.13. The van der Waals surface area contributed by atoms with Crippen LogP contribution in [-0.2, 0) is 0 Å². The summed E-state index contributed by atoms with van der Waals surface area (Å²) in [6.45, 7) is 7.05. The van der Waals surface area contributed by atoms with Crippen molar-refractivity contribution in [2.24, 2.45) is 16.6 Å². The van der Waals surface area contributed by atoms with Crippen molar-refractivity contribution >= 4 is 29.9 Å². The van der Waals surface area contributed by atoms with E-state index < -0.39 is 0 Å². The number of aliphatic imine (C=N–C) groups is 1. The molecular weight excluding hydrogens is 399 g/mol. The van der Waals surface area contributed by atoms with E-state index in [-0.39, 0.29) is 24.0 Å². The Bertz CT molecular complexity index is 327. The number of piperidine rings is 1. The van der Waals surface area contributed by atoms with Crippen molar-refractivity contribution in [3.8, 4) is 0 Å². The molecule has 1 atom stereocenters. The van der Waals surface area contributed by atoms with Crippen molar-refractivity contribution < 1.29 is 0 Å². The van der Waals surface area contributed by atoms with Crippen molar-refractivity contribution in [1.82, 2.24) is 10.2 Å². The number of guanidine groups is 1. The highest BCUT2D eigenvalue weighted by atomic mass is 127. The van der Waals surface area contributed by atoms with Gasteiger partial charge < -0.3 is 16.0 Å². The van der Waals surface area contributed by atoms with Gasteiger partial charge in [0.05, 0.1) is 0 Å². The maximum Gasteiger partial charge on any atom is 0.188 e. The third-order valence-corrected chi connectivity index (χ3v) is 5.11. The number of nitrogens with zero attached hydrogens (tertiary/aromatic N) is 2. The van der Waals surface area contributed by atoms with Gasteiger partial charge in [-0.2, -0.15) is 0 Å². The van der Waals surface area contributed by atoms with Gasteiger partial charge in [-0.1, -0.05) is 32.6 Å². The van der Waals surface area contributed by atoms with Crippen LogP contribution >= 0.6 is 24.0 Å². The number of rotatable bonds is 6. The summed E-state index contributed by atoms with van der Waals surface area (Å²) in [6, 6.07) is 0.557. The molecule has 1 heterocycles. The number of halogens is 1. The molecule has 1 aliphatic carbocycles. The van der Waals surface area contributed by atoms with E-state index in [1.165, 1.54) is 77.4 Å². The molecule has 0 aromatic carbocycles. The van der Waals surface area contributed by atoms with Gasteiger partial charge in [-0.05, 0) is 57.5 Å². The molecule has 0 radical (unpaired) electrons. The summed E-state index contributed by atoms with van der Waals surface area (Å²) in [7, 11) is 0. The molecule has 5 heteroatoms. The SMILES string of the molecule is CC1CCCN(CCCCN=C(N)NC2CCCCCC2)C1.I. The lowest BCUT2D eigenvalue weighted by molar-refractivity contribution is 0.181. The van der Waals surface area contributed by atoms with Crippen molar-refractivity contribution in [3.05, 3.63) is 0 Å². The van der Waals surface area contributed by atoms with Crippen LogP contribution < -0.4 is 11.1 Å². The maximum atomic E-state index is 6.03. The molecular formula is C18H37IN4. The smallest absolute Gasteiger partial charge is 0.188 e. The quantitative estimate of drug-likeness (QED) is 0.219. The summed E-state index contributed by atoms with van der Waals surface area (Å²) < 4.78 is 0. The molecule has 136 valence electrons. The van der Waals surface area contributed by atoms with Crippen LogP contribution in [0.15, 0.2) is 4.99 Å². The lowest BCUT2D eigenvalue weighted by Crippen LogP contribution is -2.40. The zero-order valence-electron chi connectivity index (χ0n) is 14.9. The minimum Gasteiger partial charge on any atom is -0.370 e. The number of hydrogen-bond acceptors (Lipinski definition) is 2. The summed E-state index contributed by atoms with van der Waals surface area (Å²) in [5.74, 6) is 1.55. The molecule has 1 aliphatic heterocycles. The minimum absolute atomic E-state index is 0. The molecule has 0 bridgehead atoms. The summed E-state index contributed by atoms with van der Waals surface area (Å²) >= 11 is 0. The van der Waals surface area contributed by atoms with E-state index in [1.807, 2.05) is 0 Å². The largest absolute Gasteiger partial charge is 0.370 e. The fourth-order valence-electron chi connectivity index (χ4n) is 3.82. The second-order valence-electron chi connectivity index (χ2n) is 7.35. The molecule has 2 aliphatic rings. The Kier molecular flexibility index (Phi) is 11.3. The van der Waals surface area contributed by atoms with Crippen LogP contribution in [0.25, 0.3) is 0 Å². The molecule has 3 N–H and O–H groups in total. The Morgan fingerprint density at radius 3 is 2.52 bits per heavy atom. The molecule has 1 unspecified atom stereocenters. The van der Waals surface area contributed by atoms with Gasteiger partial charge in [0.2, 0.25) is 0 Å². The van der Waals surface area contributed by atoms with Crippen LogP contribution in [0.4, 0.5) is 0 Å². The first-order valence-electron chi connectivity index (χ1n) is 9.53. The second kappa shape index (κ2) is 12.3. The maximum absolute atomic E-state index is 6.03. The lowest BCUT2D eigenvalue weighted by Gasteiger charge is -2.30. The van der Waals surface area contributed by atoms with Crippen molar-refractivity contribution in [1.29, 1.82) is 0 Å². The average molecular weight is 436 g/mol. The summed E-state index contributed by atoms with van der Waals surface area (Å²) in [4.78, 5) is 7.13. The van der Waals surface area contributed by atoms with Gasteiger partial charge in [0, 0.05) is 19.1 Å². The summed E-state index contributed by atoms with van der Waals surface area (Å²) in [5, 5.41) is 3.42. The van der Waals surface area contributed by atoms with E-state index in [0.717, 1.165) is 18.9 Å². The minimum atomic E-state index is 0. The molecule has 2 fully saturated rings. The lowest BCUT2D eigenvalue weighted by atomic mass is 10.0. The molecule has 0 aromatic rings. The van der Waals surface area contributed by atoms with Crippen LogP contribution in [0.2, 0.25) is 0 Å². The van der Waals surface area contributed by atoms with Crippen LogP contribution in [0.3, 0.4) is 0 Å². The first kappa shape index (κ1) is 21.0. The van der Waals surface area contributed by atoms with Crippen molar-refractivity contribution in [2.45, 2.75) is 77.2 Å². The average Bonchev–Trinajstić information content (AvgIpc) is 2.75. The van der Waals surface area contributed by atoms with Gasteiger partial charge in [-0.3, -0.25) is 4.99 Å². The predicted octanol–water partition coefficient (Wildman–Crippen LogP) is 3.74. The van der Waals surface area contributed by atoms with E-state index in [9.17, 15) is 0 Å². The number of nitrogens with two attached hydrogens (primary N) is 1. The first-order valence-corrected chi connectivity index (χ1v) is 9.53. The zero-order chi connectivity index (χ0) is 15.6. The van der Waals surface area contributed by atoms with Crippen LogP contribution in [0, 0.1) is 5.92 Å². The Morgan fingerprint density at radius 2 is 1.83 bits per heavy atom. The fraction of sp³-hybridized carbons (Fsp3) is 0.944. The van der Waals surface area contributed by atoms with Crippen molar-refractivity contribution in [2.75, 3.05) is 26.2 Å². The zero-order valence-corrected chi connectivity index (χ0v) is 17.3. The number of likely N-dealkylation sites (tertiary alicyclic amines) is 1. The van der Waals surface area contributed by atoms with E-state index >= 15 is 0 Å². The van der Waals surface area contributed by atoms with E-state index in [0.29, 0.717) is 12.0 Å². The van der Waals surface area contributed by atoms with Crippen molar-refractivity contribution in [3.63, 3.8) is 0 Å². The van der Waals surface area contributed by atoms with Gasteiger partial charge in [-0.15, -0.1) is 24.0 Å². The second-order valence-corrected chi connectivity index (χ2v) is 7.35. The van der Waals surface area contributed by atoms with Gasteiger partial charge in [0.1, 0.15) is 0 Å². The predicted molar refractivity (Wildman–Crippen MR) is 111 cm³/mol. The highest BCUT2D eigenvalue weighted by Crippen LogP contribution is 2.17. The fourth-order valence-corrected chi connectivity index (χ4v) is 3.82. The summed E-state index contributed by atoms with van der Waals surface area (Å²) in [5.41, 5.74) is 6.03. The van der Waals surface area contributed by atoms with Crippen LogP contribution in [-0.4, -0.2) is 43.1 Å². The number of nitrogens with one attached hydrogen (secondary N) is 1. The summed E-state index contributed by atoms with van der Waals surface area (Å²) in [6.07, 6.45) is 13.1. The Morgan fingerprint density at radius 1 is 1.09 bits per heavy atom. The molecule has 0 amide bonds. The highest BCUT2D eigenvalue weighted by molar-refractivity contribution is 14.0. The highest BCUT2D eigenvalue weighted by Gasteiger charge is 2.15. The van der Waals surface area contributed by atoms with Gasteiger partial charge in [0.15, 0.2) is 5.96 Å². The monoisotopic (exact) mass is 436 g/mol. The van der Waals surface area contributed by atoms with Crippen LogP contribution in [0.1, 0.15) is 71.1 Å². The molecule has 4 nitrogen and oxygen atoms in total. The van der Waals surface area contributed by atoms with Crippen LogP contribution in [0.5, 0.6) is 0 Å².